The van der Waals surface area contributed by atoms with Crippen molar-refractivity contribution in [3.63, 3.8) is 0 Å². The van der Waals surface area contributed by atoms with Gasteiger partial charge in [0.25, 0.3) is 0 Å². The fourth-order valence-electron chi connectivity index (χ4n) is 3.02. The van der Waals surface area contributed by atoms with Gasteiger partial charge in [-0.05, 0) is 48.7 Å². The van der Waals surface area contributed by atoms with E-state index in [9.17, 15) is 14.0 Å². The first-order valence-corrected chi connectivity index (χ1v) is 9.38. The summed E-state index contributed by atoms with van der Waals surface area (Å²) < 4.78 is 18.5. The number of carbonyl (C=O) groups is 2. The molecule has 0 radical (unpaired) electrons. The van der Waals surface area contributed by atoms with Crippen molar-refractivity contribution >= 4 is 23.2 Å². The number of hydrogen-bond acceptors (Lipinski definition) is 4. The number of morpholine rings is 1. The molecule has 6 nitrogen and oxygen atoms in total. The molecule has 0 spiro atoms. The van der Waals surface area contributed by atoms with Gasteiger partial charge in [-0.3, -0.25) is 9.59 Å². The number of hydrogen-bond donors (Lipinski definition) is 2. The lowest BCUT2D eigenvalue weighted by molar-refractivity contribution is -0.136. The van der Waals surface area contributed by atoms with Crippen molar-refractivity contribution in [1.29, 1.82) is 0 Å². The molecule has 148 valence electrons. The number of nitrogens with zero attached hydrogens (tertiary/aromatic N) is 1. The summed E-state index contributed by atoms with van der Waals surface area (Å²) >= 11 is 0. The van der Waals surface area contributed by atoms with Crippen molar-refractivity contribution in [3.05, 3.63) is 59.9 Å². The van der Waals surface area contributed by atoms with E-state index in [2.05, 4.69) is 39.8 Å². The van der Waals surface area contributed by atoms with Crippen LogP contribution in [-0.4, -0.2) is 44.7 Å². The predicted molar refractivity (Wildman–Crippen MR) is 106 cm³/mol. The fourth-order valence-corrected chi connectivity index (χ4v) is 3.02. The van der Waals surface area contributed by atoms with Crippen molar-refractivity contribution in [2.24, 2.45) is 0 Å². The summed E-state index contributed by atoms with van der Waals surface area (Å²) in [7, 11) is 0. The molecular formula is C21H24FN3O3. The molecule has 2 N–H and O–H groups in total. The maximum Gasteiger partial charge on any atom is 0.313 e. The summed E-state index contributed by atoms with van der Waals surface area (Å²) in [4.78, 5) is 25.9. The number of rotatable bonds is 6. The van der Waals surface area contributed by atoms with E-state index in [4.69, 9.17) is 4.74 Å². The van der Waals surface area contributed by atoms with Crippen LogP contribution in [0.25, 0.3) is 0 Å². The van der Waals surface area contributed by atoms with Crippen LogP contribution < -0.4 is 15.5 Å². The lowest BCUT2D eigenvalue weighted by atomic mass is 10.1. The summed E-state index contributed by atoms with van der Waals surface area (Å²) in [6, 6.07) is 13.8. The zero-order valence-corrected chi connectivity index (χ0v) is 15.6. The van der Waals surface area contributed by atoms with Crippen LogP contribution in [0.5, 0.6) is 0 Å². The van der Waals surface area contributed by atoms with E-state index in [-0.39, 0.29) is 5.69 Å². The second-order valence-electron chi connectivity index (χ2n) is 6.59. The van der Waals surface area contributed by atoms with Gasteiger partial charge in [0.15, 0.2) is 0 Å². The summed E-state index contributed by atoms with van der Waals surface area (Å²) in [5.74, 6) is -2.01. The van der Waals surface area contributed by atoms with Crippen molar-refractivity contribution in [2.45, 2.75) is 12.8 Å². The number of carbonyl (C=O) groups excluding carboxylic acids is 2. The number of ether oxygens (including phenoxy) is 1. The maximum absolute atomic E-state index is 13.1. The summed E-state index contributed by atoms with van der Waals surface area (Å²) in [6.07, 6.45) is 1.52. The van der Waals surface area contributed by atoms with Gasteiger partial charge < -0.3 is 20.3 Å². The Morgan fingerprint density at radius 2 is 1.79 bits per heavy atom. The highest BCUT2D eigenvalue weighted by molar-refractivity contribution is 6.39. The maximum atomic E-state index is 13.1. The summed E-state index contributed by atoms with van der Waals surface area (Å²) in [5, 5.41) is 4.96. The van der Waals surface area contributed by atoms with Crippen LogP contribution in [0.2, 0.25) is 0 Å². The smallest absolute Gasteiger partial charge is 0.313 e. The third kappa shape index (κ3) is 5.79. The largest absolute Gasteiger partial charge is 0.378 e. The molecule has 0 aliphatic carbocycles. The van der Waals surface area contributed by atoms with Crippen LogP contribution in [-0.2, 0) is 20.7 Å². The molecule has 1 heterocycles. The van der Waals surface area contributed by atoms with E-state index in [1.807, 2.05) is 0 Å². The highest BCUT2D eigenvalue weighted by Crippen LogP contribution is 2.17. The van der Waals surface area contributed by atoms with E-state index in [0.29, 0.717) is 6.54 Å². The van der Waals surface area contributed by atoms with E-state index in [1.54, 1.807) is 0 Å². The lowest BCUT2D eigenvalue weighted by Crippen LogP contribution is -2.36. The monoisotopic (exact) mass is 385 g/mol. The van der Waals surface area contributed by atoms with Gasteiger partial charge >= 0.3 is 11.8 Å². The molecule has 2 amide bonds. The van der Waals surface area contributed by atoms with Crippen LogP contribution >= 0.6 is 0 Å². The molecule has 1 aliphatic heterocycles. The fraction of sp³-hybridized carbons (Fsp3) is 0.333. The molecule has 3 rings (SSSR count). The van der Waals surface area contributed by atoms with Crippen molar-refractivity contribution in [3.8, 4) is 0 Å². The van der Waals surface area contributed by atoms with Gasteiger partial charge in [0.1, 0.15) is 5.82 Å². The van der Waals surface area contributed by atoms with Gasteiger partial charge in [-0.2, -0.15) is 0 Å². The molecule has 0 atom stereocenters. The molecule has 2 aromatic carbocycles. The van der Waals surface area contributed by atoms with E-state index < -0.39 is 17.6 Å². The standard InChI is InChI=1S/C21H24FN3O3/c22-17-4-1-5-18(15-17)24-21(27)20(26)23-10-2-3-16-6-8-19(9-7-16)25-11-13-28-14-12-25/h1,4-9,15H,2-3,10-14H2,(H,23,26)(H,24,27). The molecule has 1 fully saturated rings. The Kier molecular flexibility index (Phi) is 6.97. The third-order valence-corrected chi connectivity index (χ3v) is 4.53. The Bertz CT molecular complexity index is 805. The predicted octanol–water partition coefficient (Wildman–Crippen LogP) is 2.35. The van der Waals surface area contributed by atoms with Gasteiger partial charge in [-0.1, -0.05) is 18.2 Å². The van der Waals surface area contributed by atoms with E-state index in [1.165, 1.54) is 29.4 Å². The van der Waals surface area contributed by atoms with E-state index >= 15 is 0 Å². The summed E-state index contributed by atoms with van der Waals surface area (Å²) in [6.45, 7) is 3.72. The molecule has 1 aliphatic rings. The number of aryl methyl sites for hydroxylation is 1. The van der Waals surface area contributed by atoms with Crippen LogP contribution in [0.4, 0.5) is 15.8 Å². The van der Waals surface area contributed by atoms with Crippen molar-refractivity contribution in [1.82, 2.24) is 5.32 Å². The number of anilines is 2. The molecule has 2 aromatic rings. The van der Waals surface area contributed by atoms with Crippen molar-refractivity contribution in [2.75, 3.05) is 43.1 Å². The topological polar surface area (TPSA) is 70.7 Å². The molecule has 0 bridgehead atoms. The third-order valence-electron chi connectivity index (χ3n) is 4.53. The minimum Gasteiger partial charge on any atom is -0.378 e. The van der Waals surface area contributed by atoms with Crippen LogP contribution in [0.3, 0.4) is 0 Å². The van der Waals surface area contributed by atoms with Crippen LogP contribution in [0.1, 0.15) is 12.0 Å². The zero-order chi connectivity index (χ0) is 19.8. The number of benzene rings is 2. The average Bonchev–Trinajstić information content (AvgIpc) is 2.72. The zero-order valence-electron chi connectivity index (χ0n) is 15.6. The van der Waals surface area contributed by atoms with Gasteiger partial charge in [-0.25, -0.2) is 4.39 Å². The highest BCUT2D eigenvalue weighted by atomic mass is 19.1. The van der Waals surface area contributed by atoms with E-state index in [0.717, 1.165) is 45.2 Å². The van der Waals surface area contributed by atoms with Crippen LogP contribution in [0.15, 0.2) is 48.5 Å². The Hall–Kier alpha value is -2.93. The van der Waals surface area contributed by atoms with Gasteiger partial charge in [0, 0.05) is 31.0 Å². The molecule has 0 saturated carbocycles. The minimum atomic E-state index is -0.805. The van der Waals surface area contributed by atoms with Gasteiger partial charge in [-0.15, -0.1) is 0 Å². The first kappa shape index (κ1) is 19.8. The Morgan fingerprint density at radius 3 is 2.50 bits per heavy atom. The molecule has 0 unspecified atom stereocenters. The normalized spacial score (nSPS) is 13.8. The Morgan fingerprint density at radius 1 is 1.04 bits per heavy atom. The average molecular weight is 385 g/mol. The van der Waals surface area contributed by atoms with Crippen LogP contribution in [0, 0.1) is 5.82 Å². The second kappa shape index (κ2) is 9.85. The molecular weight excluding hydrogens is 361 g/mol. The Labute approximate surface area is 163 Å². The molecule has 0 aromatic heterocycles. The SMILES string of the molecule is O=C(NCCCc1ccc(N2CCOCC2)cc1)C(=O)Nc1cccc(F)c1. The first-order valence-electron chi connectivity index (χ1n) is 9.38. The molecule has 28 heavy (non-hydrogen) atoms. The lowest BCUT2D eigenvalue weighted by Gasteiger charge is -2.28. The van der Waals surface area contributed by atoms with Crippen molar-refractivity contribution < 1.29 is 18.7 Å². The number of amides is 2. The number of nitrogens with one attached hydrogen (secondary N) is 2. The second-order valence-corrected chi connectivity index (χ2v) is 6.59. The van der Waals surface area contributed by atoms with Gasteiger partial charge in [0.2, 0.25) is 0 Å². The molecule has 7 heteroatoms. The number of halogens is 1. The minimum absolute atomic E-state index is 0.250. The Balaban J connectivity index is 1.37. The highest BCUT2D eigenvalue weighted by Gasteiger charge is 2.13. The first-order chi connectivity index (χ1) is 13.6. The van der Waals surface area contributed by atoms with Gasteiger partial charge in [0.05, 0.1) is 13.2 Å². The summed E-state index contributed by atoms with van der Waals surface area (Å²) in [5.41, 5.74) is 2.62. The molecule has 1 saturated heterocycles. The quantitative estimate of drug-likeness (QED) is 0.592.